The highest BCUT2D eigenvalue weighted by molar-refractivity contribution is 7.17. The summed E-state index contributed by atoms with van der Waals surface area (Å²) >= 11 is 7.10. The molecule has 1 rings (SSSR count). The Morgan fingerprint density at radius 2 is 2.15 bits per heavy atom. The van der Waals surface area contributed by atoms with Crippen LogP contribution in [0.25, 0.3) is 0 Å². The average Bonchev–Trinajstić information content (AvgIpc) is 2.76. The normalized spacial score (nSPS) is 11.4. The number of esters is 1. The Balaban J connectivity index is 2.71. The zero-order valence-electron chi connectivity index (χ0n) is 12.3. The number of carbonyl (C=O) groups is 1. The Kier molecular flexibility index (Phi) is 6.71. The number of halogens is 1. The Morgan fingerprint density at radius 1 is 1.45 bits per heavy atom. The van der Waals surface area contributed by atoms with Gasteiger partial charge >= 0.3 is 5.97 Å². The molecule has 0 aliphatic heterocycles. The molecular formula is C13H21ClN2O3S. The minimum atomic E-state index is -0.531. The van der Waals surface area contributed by atoms with Crippen LogP contribution in [0.3, 0.4) is 0 Å². The molecule has 20 heavy (non-hydrogen) atoms. The SMILES string of the molecule is COCCCNc1nc(CCl)c(C(=O)OC(C)(C)C)s1. The smallest absolute Gasteiger partial charge is 0.350 e. The first-order chi connectivity index (χ1) is 9.37. The fraction of sp³-hybridized carbons (Fsp3) is 0.692. The molecule has 1 heterocycles. The second-order valence-corrected chi connectivity index (χ2v) is 6.47. The minimum Gasteiger partial charge on any atom is -0.456 e. The van der Waals surface area contributed by atoms with Crippen molar-refractivity contribution in [3.63, 3.8) is 0 Å². The van der Waals surface area contributed by atoms with E-state index >= 15 is 0 Å². The molecule has 0 aromatic carbocycles. The Morgan fingerprint density at radius 3 is 2.70 bits per heavy atom. The van der Waals surface area contributed by atoms with E-state index in [1.54, 1.807) is 7.11 Å². The van der Waals surface area contributed by atoms with Gasteiger partial charge in [0.25, 0.3) is 0 Å². The van der Waals surface area contributed by atoms with E-state index in [2.05, 4.69) is 10.3 Å². The van der Waals surface area contributed by atoms with Crippen molar-refractivity contribution in [2.24, 2.45) is 0 Å². The molecule has 114 valence electrons. The van der Waals surface area contributed by atoms with Gasteiger partial charge < -0.3 is 14.8 Å². The van der Waals surface area contributed by atoms with E-state index in [4.69, 9.17) is 21.1 Å². The van der Waals surface area contributed by atoms with Gasteiger partial charge in [-0.3, -0.25) is 0 Å². The van der Waals surface area contributed by atoms with Crippen molar-refractivity contribution in [2.75, 3.05) is 25.6 Å². The summed E-state index contributed by atoms with van der Waals surface area (Å²) in [6, 6.07) is 0. The maximum Gasteiger partial charge on any atom is 0.350 e. The van der Waals surface area contributed by atoms with Crippen molar-refractivity contribution in [1.29, 1.82) is 0 Å². The highest BCUT2D eigenvalue weighted by Crippen LogP contribution is 2.26. The maximum absolute atomic E-state index is 12.1. The fourth-order valence-electron chi connectivity index (χ4n) is 1.41. The number of aromatic nitrogens is 1. The lowest BCUT2D eigenvalue weighted by Gasteiger charge is -2.18. The number of alkyl halides is 1. The molecule has 1 aromatic heterocycles. The largest absolute Gasteiger partial charge is 0.456 e. The Hall–Kier alpha value is -0.850. The molecule has 0 amide bonds. The highest BCUT2D eigenvalue weighted by Gasteiger charge is 2.23. The van der Waals surface area contributed by atoms with Gasteiger partial charge in [0.15, 0.2) is 5.13 Å². The molecule has 0 radical (unpaired) electrons. The Labute approximate surface area is 128 Å². The molecule has 0 fully saturated rings. The number of thiazole rings is 1. The molecule has 0 spiro atoms. The van der Waals surface area contributed by atoms with Crippen LogP contribution in [0.15, 0.2) is 0 Å². The third-order valence-corrected chi connectivity index (χ3v) is 3.50. The number of rotatable bonds is 7. The maximum atomic E-state index is 12.1. The summed E-state index contributed by atoms with van der Waals surface area (Å²) in [6.07, 6.45) is 0.869. The number of hydrogen-bond donors (Lipinski definition) is 1. The fourth-order valence-corrected chi connectivity index (χ4v) is 2.57. The summed E-state index contributed by atoms with van der Waals surface area (Å²) in [7, 11) is 1.66. The van der Waals surface area contributed by atoms with Crippen molar-refractivity contribution >= 4 is 34.0 Å². The average molecular weight is 321 g/mol. The summed E-state index contributed by atoms with van der Waals surface area (Å²) in [5, 5.41) is 3.83. The number of carbonyl (C=O) groups excluding carboxylic acids is 1. The van der Waals surface area contributed by atoms with Gasteiger partial charge in [0, 0.05) is 20.3 Å². The van der Waals surface area contributed by atoms with Crippen molar-refractivity contribution < 1.29 is 14.3 Å². The first-order valence-electron chi connectivity index (χ1n) is 6.39. The summed E-state index contributed by atoms with van der Waals surface area (Å²) in [4.78, 5) is 16.8. The summed E-state index contributed by atoms with van der Waals surface area (Å²) in [5.74, 6) is -0.194. The molecular weight excluding hydrogens is 300 g/mol. The van der Waals surface area contributed by atoms with Crippen LogP contribution in [0.4, 0.5) is 5.13 Å². The number of nitrogens with one attached hydrogen (secondary N) is 1. The topological polar surface area (TPSA) is 60.5 Å². The molecule has 1 aromatic rings. The van der Waals surface area contributed by atoms with Crippen LogP contribution in [0.5, 0.6) is 0 Å². The lowest BCUT2D eigenvalue weighted by molar-refractivity contribution is 0.00741. The quantitative estimate of drug-likeness (QED) is 0.474. The molecule has 0 saturated carbocycles. The van der Waals surface area contributed by atoms with Crippen LogP contribution in [0, 0.1) is 0 Å². The summed E-state index contributed by atoms with van der Waals surface area (Å²) < 4.78 is 10.3. The number of methoxy groups -OCH3 is 1. The lowest BCUT2D eigenvalue weighted by Crippen LogP contribution is -2.23. The Bertz CT molecular complexity index is 443. The molecule has 0 aliphatic rings. The molecule has 1 N–H and O–H groups in total. The van der Waals surface area contributed by atoms with E-state index in [0.29, 0.717) is 22.3 Å². The van der Waals surface area contributed by atoms with Gasteiger partial charge in [-0.2, -0.15) is 0 Å². The molecule has 0 saturated heterocycles. The van der Waals surface area contributed by atoms with Gasteiger partial charge in [0.1, 0.15) is 10.5 Å². The molecule has 0 unspecified atom stereocenters. The van der Waals surface area contributed by atoms with Crippen LogP contribution in [0.1, 0.15) is 42.6 Å². The van der Waals surface area contributed by atoms with Crippen LogP contribution < -0.4 is 5.32 Å². The molecule has 0 bridgehead atoms. The standard InChI is InChI=1S/C13H21ClN2O3S/c1-13(2,3)19-11(17)10-9(8-14)16-12(20-10)15-6-5-7-18-4/h5-8H2,1-4H3,(H,15,16). The van der Waals surface area contributed by atoms with Gasteiger partial charge in [0.05, 0.1) is 11.6 Å². The molecule has 5 nitrogen and oxygen atoms in total. The highest BCUT2D eigenvalue weighted by atomic mass is 35.5. The third kappa shape index (κ3) is 5.64. The second-order valence-electron chi connectivity index (χ2n) is 5.20. The summed E-state index contributed by atoms with van der Waals surface area (Å²) in [5.41, 5.74) is 0.0247. The monoisotopic (exact) mass is 320 g/mol. The van der Waals surface area contributed by atoms with Gasteiger partial charge in [-0.05, 0) is 27.2 Å². The van der Waals surface area contributed by atoms with Crippen LogP contribution >= 0.6 is 22.9 Å². The van der Waals surface area contributed by atoms with E-state index in [-0.39, 0.29) is 11.8 Å². The van der Waals surface area contributed by atoms with E-state index in [1.807, 2.05) is 20.8 Å². The van der Waals surface area contributed by atoms with Crippen LogP contribution in [0.2, 0.25) is 0 Å². The van der Waals surface area contributed by atoms with Crippen LogP contribution in [-0.4, -0.2) is 36.8 Å². The van der Waals surface area contributed by atoms with E-state index in [0.717, 1.165) is 13.0 Å². The van der Waals surface area contributed by atoms with Crippen LogP contribution in [-0.2, 0) is 15.4 Å². The second kappa shape index (κ2) is 7.81. The number of anilines is 1. The van der Waals surface area contributed by atoms with E-state index in [1.165, 1.54) is 11.3 Å². The van der Waals surface area contributed by atoms with E-state index in [9.17, 15) is 4.79 Å². The number of ether oxygens (including phenoxy) is 2. The first-order valence-corrected chi connectivity index (χ1v) is 7.74. The first kappa shape index (κ1) is 17.2. The van der Waals surface area contributed by atoms with Gasteiger partial charge in [-0.15, -0.1) is 11.6 Å². The van der Waals surface area contributed by atoms with Crippen molar-refractivity contribution in [2.45, 2.75) is 38.7 Å². The molecule has 0 atom stereocenters. The number of hydrogen-bond acceptors (Lipinski definition) is 6. The predicted molar refractivity (Wildman–Crippen MR) is 81.8 cm³/mol. The molecule has 0 aliphatic carbocycles. The zero-order valence-corrected chi connectivity index (χ0v) is 13.9. The van der Waals surface area contributed by atoms with Gasteiger partial charge in [-0.25, -0.2) is 9.78 Å². The lowest BCUT2D eigenvalue weighted by atomic mass is 10.2. The van der Waals surface area contributed by atoms with E-state index < -0.39 is 5.60 Å². The minimum absolute atomic E-state index is 0.185. The van der Waals surface area contributed by atoms with Crippen molar-refractivity contribution in [3.05, 3.63) is 10.6 Å². The van der Waals surface area contributed by atoms with Gasteiger partial charge in [-0.1, -0.05) is 11.3 Å². The molecule has 7 heteroatoms. The van der Waals surface area contributed by atoms with Crippen molar-refractivity contribution in [1.82, 2.24) is 4.98 Å². The van der Waals surface area contributed by atoms with Gasteiger partial charge in [0.2, 0.25) is 0 Å². The van der Waals surface area contributed by atoms with Crippen molar-refractivity contribution in [3.8, 4) is 0 Å². The number of nitrogens with zero attached hydrogens (tertiary/aromatic N) is 1. The zero-order chi connectivity index (χ0) is 15.2. The third-order valence-electron chi connectivity index (χ3n) is 2.21. The summed E-state index contributed by atoms with van der Waals surface area (Å²) in [6.45, 7) is 6.90. The predicted octanol–water partition coefficient (Wildman–Crippen LogP) is 3.29.